The van der Waals surface area contributed by atoms with E-state index in [9.17, 15) is 107 Å². The first-order valence-electron chi connectivity index (χ1n) is 39.0. The monoisotopic (exact) mass is 1700 g/mol. The van der Waals surface area contributed by atoms with E-state index < -0.39 is 242 Å². The van der Waals surface area contributed by atoms with Crippen LogP contribution in [-0.2, 0) is 101 Å². The van der Waals surface area contributed by atoms with Crippen molar-refractivity contribution in [1.29, 1.82) is 5.41 Å². The number of thioether (sulfide) groups is 1. The number of carbonyl (C=O) groups excluding carboxylic acids is 15. The molecule has 0 unspecified atom stereocenters. The zero-order valence-electron chi connectivity index (χ0n) is 68.4. The maximum absolute atomic E-state index is 14.8. The van der Waals surface area contributed by atoms with Gasteiger partial charge < -0.3 is 123 Å². The molecule has 0 fully saturated rings. The van der Waals surface area contributed by atoms with Crippen molar-refractivity contribution in [2.75, 3.05) is 31.7 Å². The second kappa shape index (κ2) is 52.6. The molecule has 42 heteroatoms. The Hall–Kier alpha value is -12.2. The number of carboxylic acids is 2. The number of aliphatic carboxylic acids is 2. The summed E-state index contributed by atoms with van der Waals surface area (Å²) in [5.41, 5.74) is 23.6. The number of rotatable bonds is 55. The summed E-state index contributed by atoms with van der Waals surface area (Å²) in [4.78, 5) is 233. The van der Waals surface area contributed by atoms with Gasteiger partial charge in [-0.2, -0.15) is 11.8 Å². The highest BCUT2D eigenvalue weighted by Crippen LogP contribution is 2.18. The normalized spacial score (nSPS) is 14.3. The number of amides is 15. The molecule has 3 aromatic carbocycles. The van der Waals surface area contributed by atoms with E-state index in [2.05, 4.69) is 74.4 Å². The van der Waals surface area contributed by atoms with E-state index in [0.29, 0.717) is 17.5 Å². The van der Waals surface area contributed by atoms with Crippen molar-refractivity contribution < 1.29 is 107 Å². The molecule has 41 nitrogen and oxygen atoms in total. The minimum atomic E-state index is -2.01. The average molecular weight is 1700 g/mol. The maximum atomic E-state index is 14.8. The Balaban J connectivity index is 2.01. The standard InChI is InChI=1S/C78H117N19O22S/c1-40(2)62(76(118)93-56(37-46-21-25-48(101)26-22-46)72(114)87-52(27-29-59(80)102)68(110)86-50(18-14-33-84-78(82)83)67(109)94-58(39-98)74(116)90-54(65(81)107)35-45-19-23-47(100)24-20-45)96-73(115)57(38-61(105)106)92-69(111)53(31-34-120-8)88-71(113)55(36-44-15-10-9-11-16-44)91-66(108)49(17-12-13-32-79)89-75(117)63(41(3)4)97-77(119)64(42(5)6)95-70(112)51(85-43(7)99)28-30-60(103)104/h9-11,15-16,19-26,40-42,49-58,62-64,98,100-101H,12-14,17-18,27-39,79H2,1-8H3,(H2,80,102)(H2,81,107)(H,85,99)(H,86,110)(H,87,114)(H,88,113)(H,89,117)(H,90,116)(H,91,108)(H,92,111)(H,93,118)(H,94,109)(H,95,112)(H,96,115)(H,97,119)(H,103,104)(H,105,106)(H4,82,83,84)/t49-,50-,51-,52-,53-,54-,55-,56-,57-,58-,62-,63-,64-/m0/s1. The van der Waals surface area contributed by atoms with Crippen molar-refractivity contribution in [1.82, 2.24) is 74.4 Å². The molecule has 28 N–H and O–H groups in total. The van der Waals surface area contributed by atoms with Gasteiger partial charge >= 0.3 is 11.9 Å². The predicted molar refractivity (Wildman–Crippen MR) is 438 cm³/mol. The van der Waals surface area contributed by atoms with Gasteiger partial charge in [-0.25, -0.2) is 0 Å². The summed E-state index contributed by atoms with van der Waals surface area (Å²) in [5, 5.41) is 92.4. The van der Waals surface area contributed by atoms with E-state index in [1.807, 2.05) is 0 Å². The van der Waals surface area contributed by atoms with Crippen LogP contribution in [0.5, 0.6) is 11.5 Å². The quantitative estimate of drug-likeness (QED) is 0.0144. The van der Waals surface area contributed by atoms with Crippen LogP contribution in [0.4, 0.5) is 0 Å². The van der Waals surface area contributed by atoms with Gasteiger partial charge in [0.2, 0.25) is 88.6 Å². The van der Waals surface area contributed by atoms with Gasteiger partial charge in [0.1, 0.15) is 90.0 Å². The number of nitrogens with one attached hydrogen (secondary N) is 15. The summed E-state index contributed by atoms with van der Waals surface area (Å²) in [5.74, 6) is -20.7. The van der Waals surface area contributed by atoms with Crippen LogP contribution >= 0.6 is 11.8 Å². The van der Waals surface area contributed by atoms with E-state index >= 15 is 0 Å². The molecule has 0 aromatic heterocycles. The summed E-state index contributed by atoms with van der Waals surface area (Å²) >= 11 is 1.23. The van der Waals surface area contributed by atoms with Crippen LogP contribution < -0.4 is 97.4 Å². The Morgan fingerprint density at radius 2 is 0.733 bits per heavy atom. The van der Waals surface area contributed by atoms with E-state index in [4.69, 9.17) is 28.3 Å². The topological polar surface area (TPSA) is 688 Å². The second-order valence-electron chi connectivity index (χ2n) is 29.6. The Morgan fingerprint density at radius 1 is 0.392 bits per heavy atom. The molecule has 3 aromatic rings. The van der Waals surface area contributed by atoms with Gasteiger partial charge in [0.25, 0.3) is 0 Å². The Kier molecular flexibility index (Phi) is 44.7. The average Bonchev–Trinajstić information content (AvgIpc) is 0.844. The fourth-order valence-corrected chi connectivity index (χ4v) is 12.5. The van der Waals surface area contributed by atoms with E-state index in [-0.39, 0.29) is 87.3 Å². The SMILES string of the molecule is CSCC[C@H](NC(=O)[C@H](Cc1ccccc1)NC(=O)[C@H](CCCCN)NC(=O)[C@@H](NC(=O)[C@@H](NC(=O)[C@H](CCC(=O)O)NC(C)=O)C(C)C)C(C)C)C(=O)N[C@@H](CC(=O)O)C(=O)N[C@H](C(=O)N[C@@H](Cc1ccc(O)cc1)C(=O)N[C@@H](CCC(N)=O)C(=O)N[C@@H](CCCNC(=N)N)C(=O)N[C@@H](CO)C(=O)N[C@@H](Cc1ccc(O)cc1)C(N)=O)C(C)C. The molecule has 0 aliphatic heterocycles. The number of unbranched alkanes of at least 4 members (excludes halogenated alkanes) is 1. The zero-order valence-corrected chi connectivity index (χ0v) is 69.2. The molecule has 0 saturated carbocycles. The van der Waals surface area contributed by atoms with Gasteiger partial charge in [0.15, 0.2) is 5.96 Å². The minimum absolute atomic E-state index is 0.0172. The van der Waals surface area contributed by atoms with Crippen molar-refractivity contribution in [3.8, 4) is 11.5 Å². The second-order valence-corrected chi connectivity index (χ2v) is 30.6. The molecule has 3 rings (SSSR count). The fraction of sp³-hybridized carbons (Fsp3) is 0.538. The van der Waals surface area contributed by atoms with E-state index in [0.717, 1.165) is 6.92 Å². The summed E-state index contributed by atoms with van der Waals surface area (Å²) in [6.45, 7) is 9.47. The molecule has 0 aliphatic carbocycles. The highest BCUT2D eigenvalue weighted by Gasteiger charge is 2.40. The third-order valence-corrected chi connectivity index (χ3v) is 19.3. The van der Waals surface area contributed by atoms with Gasteiger partial charge in [-0.05, 0) is 129 Å². The summed E-state index contributed by atoms with van der Waals surface area (Å²) in [7, 11) is 0. The summed E-state index contributed by atoms with van der Waals surface area (Å²) in [6.07, 6.45) is -2.15. The number of carbonyl (C=O) groups is 17. The molecule has 120 heavy (non-hydrogen) atoms. The van der Waals surface area contributed by atoms with Crippen LogP contribution in [0.1, 0.15) is 136 Å². The lowest BCUT2D eigenvalue weighted by Crippen LogP contribution is -2.62. The lowest BCUT2D eigenvalue weighted by molar-refractivity contribution is -0.142. The number of aliphatic hydroxyl groups is 1. The smallest absolute Gasteiger partial charge is 0.305 e. The molecule has 0 bridgehead atoms. The van der Waals surface area contributed by atoms with Gasteiger partial charge in [-0.15, -0.1) is 0 Å². The van der Waals surface area contributed by atoms with Crippen molar-refractivity contribution in [3.05, 3.63) is 95.6 Å². The van der Waals surface area contributed by atoms with E-state index in [1.165, 1.54) is 74.1 Å². The number of phenols is 2. The van der Waals surface area contributed by atoms with Crippen LogP contribution in [0.25, 0.3) is 0 Å². The first kappa shape index (κ1) is 102. The van der Waals surface area contributed by atoms with Gasteiger partial charge in [0.05, 0.1) is 13.0 Å². The number of aromatic hydroxyl groups is 2. The third-order valence-electron chi connectivity index (χ3n) is 18.6. The number of hydrogen-bond acceptors (Lipinski definition) is 23. The van der Waals surface area contributed by atoms with E-state index in [1.54, 1.807) is 64.3 Å². The van der Waals surface area contributed by atoms with Crippen LogP contribution in [0.2, 0.25) is 0 Å². The number of hydrogen-bond donors (Lipinski definition) is 24. The molecule has 0 aliphatic rings. The number of benzene rings is 3. The number of carboxylic acid groups (broad SMARTS) is 2. The molecule has 662 valence electrons. The molecule has 0 saturated heterocycles. The predicted octanol–water partition coefficient (Wildman–Crippen LogP) is -4.36. The number of guanidine groups is 1. The van der Waals surface area contributed by atoms with Gasteiger partial charge in [-0.1, -0.05) is 96.1 Å². The van der Waals surface area contributed by atoms with Crippen molar-refractivity contribution >= 4 is 118 Å². The fourth-order valence-electron chi connectivity index (χ4n) is 12.0. The van der Waals surface area contributed by atoms with Crippen LogP contribution in [0.15, 0.2) is 78.9 Å². The maximum Gasteiger partial charge on any atom is 0.305 e. The highest BCUT2D eigenvalue weighted by atomic mass is 32.2. The zero-order chi connectivity index (χ0) is 90.0. The van der Waals surface area contributed by atoms with Crippen LogP contribution in [-0.4, -0.2) is 242 Å². The van der Waals surface area contributed by atoms with Crippen LogP contribution in [0, 0.1) is 23.2 Å². The van der Waals surface area contributed by atoms with Crippen LogP contribution in [0.3, 0.4) is 0 Å². The molecular weight excluding hydrogens is 1590 g/mol. The first-order valence-corrected chi connectivity index (χ1v) is 40.4. The van der Waals surface area contributed by atoms with Crippen molar-refractivity contribution in [3.63, 3.8) is 0 Å². The molecule has 0 radical (unpaired) electrons. The summed E-state index contributed by atoms with van der Waals surface area (Å²) < 4.78 is 0. The number of aliphatic hydroxyl groups excluding tert-OH is 1. The first-order chi connectivity index (χ1) is 56.6. The number of nitrogens with two attached hydrogens (primary N) is 4. The van der Waals surface area contributed by atoms with Crippen molar-refractivity contribution in [2.45, 2.75) is 217 Å². The molecule has 0 spiro atoms. The molecule has 15 amide bonds. The Morgan fingerprint density at radius 3 is 1.15 bits per heavy atom. The molecular formula is C78H117N19O22S. The Bertz CT molecular complexity index is 3990. The lowest BCUT2D eigenvalue weighted by atomic mass is 9.98. The lowest BCUT2D eigenvalue weighted by Gasteiger charge is -2.30. The molecule has 13 atom stereocenters. The third kappa shape index (κ3) is 37.6. The minimum Gasteiger partial charge on any atom is -0.508 e. The summed E-state index contributed by atoms with van der Waals surface area (Å²) in [6, 6.07) is -1.52. The number of primary amides is 2. The largest absolute Gasteiger partial charge is 0.508 e. The Labute approximate surface area is 698 Å². The van der Waals surface area contributed by atoms with Gasteiger partial charge in [0, 0.05) is 45.6 Å². The van der Waals surface area contributed by atoms with Gasteiger partial charge in [-0.3, -0.25) is 86.9 Å². The molecule has 0 heterocycles. The highest BCUT2D eigenvalue weighted by molar-refractivity contribution is 7.98. The van der Waals surface area contributed by atoms with Crippen molar-refractivity contribution in [2.24, 2.45) is 40.7 Å². The number of phenolic OH excluding ortho intramolecular Hbond substituents is 2.